The van der Waals surface area contributed by atoms with Crippen molar-refractivity contribution in [1.29, 1.82) is 0 Å². The number of aliphatic hydroxyl groups is 1. The predicted octanol–water partition coefficient (Wildman–Crippen LogP) is 3.04. The maximum atomic E-state index is 10.3. The van der Waals surface area contributed by atoms with Gasteiger partial charge in [-0.25, -0.2) is 0 Å². The molecule has 2 nitrogen and oxygen atoms in total. The van der Waals surface area contributed by atoms with Crippen LogP contribution in [0.3, 0.4) is 0 Å². The normalized spacial score (nSPS) is 16.6. The number of hydrogen-bond donors (Lipinski definition) is 1. The summed E-state index contributed by atoms with van der Waals surface area (Å²) in [5, 5.41) is 10.3. The minimum Gasteiger partial charge on any atom is -0.388 e. The minimum atomic E-state index is -0.380. The largest absolute Gasteiger partial charge is 0.388 e. The Morgan fingerprint density at radius 2 is 1.83 bits per heavy atom. The van der Waals surface area contributed by atoms with Gasteiger partial charge in [0.05, 0.1) is 6.10 Å². The molecule has 18 heavy (non-hydrogen) atoms. The summed E-state index contributed by atoms with van der Waals surface area (Å²) in [5.41, 5.74) is 1.01. The molecule has 0 bridgehead atoms. The smallest absolute Gasteiger partial charge is 0.0827 e. The van der Waals surface area contributed by atoms with Crippen LogP contribution < -0.4 is 0 Å². The molecule has 1 N–H and O–H groups in total. The first kappa shape index (κ1) is 15.5. The molecule has 3 heteroatoms. The van der Waals surface area contributed by atoms with Crippen molar-refractivity contribution < 1.29 is 5.11 Å². The van der Waals surface area contributed by atoms with Gasteiger partial charge in [-0.2, -0.15) is 11.8 Å². The summed E-state index contributed by atoms with van der Waals surface area (Å²) < 4.78 is 0. The van der Waals surface area contributed by atoms with Gasteiger partial charge in [-0.1, -0.05) is 37.3 Å². The van der Waals surface area contributed by atoms with Crippen molar-refractivity contribution in [2.75, 3.05) is 25.6 Å². The third-order valence-electron chi connectivity index (χ3n) is 3.42. The molecule has 0 radical (unpaired) electrons. The van der Waals surface area contributed by atoms with E-state index in [1.54, 1.807) is 0 Å². The lowest BCUT2D eigenvalue weighted by molar-refractivity contribution is 0.0883. The zero-order valence-corrected chi connectivity index (χ0v) is 12.7. The molecule has 1 aromatic rings. The average Bonchev–Trinajstić information content (AvgIpc) is 2.39. The van der Waals surface area contributed by atoms with Crippen LogP contribution in [0.2, 0.25) is 0 Å². The van der Waals surface area contributed by atoms with Crippen LogP contribution in [-0.2, 0) is 0 Å². The maximum absolute atomic E-state index is 10.3. The summed E-state index contributed by atoms with van der Waals surface area (Å²) in [4.78, 5) is 2.33. The summed E-state index contributed by atoms with van der Waals surface area (Å²) in [5.74, 6) is 1.37. The van der Waals surface area contributed by atoms with Gasteiger partial charge in [0.15, 0.2) is 0 Å². The number of hydrogen-bond acceptors (Lipinski definition) is 3. The first-order valence-electron chi connectivity index (χ1n) is 6.48. The first-order chi connectivity index (χ1) is 8.56. The van der Waals surface area contributed by atoms with Crippen LogP contribution in [0.1, 0.15) is 25.5 Å². The summed E-state index contributed by atoms with van der Waals surface area (Å²) in [6.07, 6.45) is 1.75. The average molecular weight is 267 g/mol. The van der Waals surface area contributed by atoms with Crippen molar-refractivity contribution in [3.63, 3.8) is 0 Å². The molecule has 0 saturated carbocycles. The van der Waals surface area contributed by atoms with E-state index in [2.05, 4.69) is 32.1 Å². The van der Waals surface area contributed by atoms with Crippen LogP contribution in [-0.4, -0.2) is 41.6 Å². The molecule has 0 fully saturated rings. The second-order valence-corrected chi connectivity index (χ2v) is 5.99. The van der Waals surface area contributed by atoms with Crippen LogP contribution in [0, 0.1) is 5.92 Å². The third kappa shape index (κ3) is 4.63. The zero-order valence-electron chi connectivity index (χ0n) is 11.8. The van der Waals surface area contributed by atoms with E-state index in [1.165, 1.54) is 0 Å². The van der Waals surface area contributed by atoms with E-state index in [-0.39, 0.29) is 12.0 Å². The summed E-state index contributed by atoms with van der Waals surface area (Å²) in [6.45, 7) is 5.26. The molecular weight excluding hydrogens is 242 g/mol. The van der Waals surface area contributed by atoms with Crippen molar-refractivity contribution in [3.05, 3.63) is 35.9 Å². The Hall–Kier alpha value is -0.510. The number of aliphatic hydroxyl groups excluding tert-OH is 1. The Morgan fingerprint density at radius 1 is 1.22 bits per heavy atom. The van der Waals surface area contributed by atoms with E-state index >= 15 is 0 Å². The van der Waals surface area contributed by atoms with Gasteiger partial charge in [0, 0.05) is 18.3 Å². The molecule has 0 heterocycles. The van der Waals surface area contributed by atoms with Gasteiger partial charge in [0.25, 0.3) is 0 Å². The van der Waals surface area contributed by atoms with E-state index in [9.17, 15) is 5.11 Å². The zero-order chi connectivity index (χ0) is 13.5. The van der Waals surface area contributed by atoms with Crippen molar-refractivity contribution in [1.82, 2.24) is 4.90 Å². The highest BCUT2D eigenvalue weighted by atomic mass is 32.2. The molecule has 102 valence electrons. The van der Waals surface area contributed by atoms with Crippen LogP contribution >= 0.6 is 11.8 Å². The fraction of sp³-hybridized carbons (Fsp3) is 0.600. The van der Waals surface area contributed by atoms with Crippen molar-refractivity contribution >= 4 is 11.8 Å². The van der Waals surface area contributed by atoms with Crippen molar-refractivity contribution in [3.8, 4) is 0 Å². The molecule has 1 aromatic carbocycles. The Labute approximate surface area is 115 Å². The molecule has 0 aliphatic carbocycles. The quantitative estimate of drug-likeness (QED) is 0.821. The van der Waals surface area contributed by atoms with Gasteiger partial charge in [0.2, 0.25) is 0 Å². The molecule has 3 unspecified atom stereocenters. The standard InChI is InChI=1S/C15H25NOS/c1-12(10-16(3)13(2)11-18-4)15(17)14-8-6-5-7-9-14/h5-9,12-13,15,17H,10-11H2,1-4H3. The van der Waals surface area contributed by atoms with E-state index < -0.39 is 0 Å². The second kappa shape index (κ2) is 7.82. The molecule has 0 saturated heterocycles. The number of benzene rings is 1. The molecular formula is C15H25NOS. The van der Waals surface area contributed by atoms with Crippen LogP contribution in [0.15, 0.2) is 30.3 Å². The van der Waals surface area contributed by atoms with Crippen LogP contribution in [0.5, 0.6) is 0 Å². The van der Waals surface area contributed by atoms with Gasteiger partial charge in [-0.3, -0.25) is 0 Å². The molecule has 0 spiro atoms. The minimum absolute atomic E-state index is 0.238. The van der Waals surface area contributed by atoms with Crippen molar-refractivity contribution in [2.24, 2.45) is 5.92 Å². The Balaban J connectivity index is 2.52. The van der Waals surface area contributed by atoms with Crippen molar-refractivity contribution in [2.45, 2.75) is 26.0 Å². The van der Waals surface area contributed by atoms with Crippen LogP contribution in [0.4, 0.5) is 0 Å². The van der Waals surface area contributed by atoms with E-state index in [4.69, 9.17) is 0 Å². The highest BCUT2D eigenvalue weighted by Gasteiger charge is 2.19. The maximum Gasteiger partial charge on any atom is 0.0827 e. The Bertz CT molecular complexity index is 331. The summed E-state index contributed by atoms with van der Waals surface area (Å²) in [7, 11) is 2.13. The number of rotatable bonds is 7. The Morgan fingerprint density at radius 3 is 2.39 bits per heavy atom. The Kier molecular flexibility index (Phi) is 6.76. The van der Waals surface area contributed by atoms with E-state index in [0.717, 1.165) is 17.9 Å². The predicted molar refractivity (Wildman–Crippen MR) is 81.0 cm³/mol. The molecule has 1 rings (SSSR count). The SMILES string of the molecule is CSCC(C)N(C)CC(C)C(O)c1ccccc1. The van der Waals surface area contributed by atoms with Gasteiger partial charge >= 0.3 is 0 Å². The number of nitrogens with zero attached hydrogens (tertiary/aromatic N) is 1. The molecule has 0 aromatic heterocycles. The lowest BCUT2D eigenvalue weighted by Crippen LogP contribution is -2.36. The van der Waals surface area contributed by atoms with Gasteiger partial charge in [-0.15, -0.1) is 0 Å². The fourth-order valence-electron chi connectivity index (χ4n) is 2.08. The van der Waals surface area contributed by atoms with E-state index in [1.807, 2.05) is 42.1 Å². The topological polar surface area (TPSA) is 23.5 Å². The molecule has 3 atom stereocenters. The highest BCUT2D eigenvalue weighted by molar-refractivity contribution is 7.98. The molecule has 0 amide bonds. The number of thioether (sulfide) groups is 1. The highest BCUT2D eigenvalue weighted by Crippen LogP contribution is 2.22. The molecule has 0 aliphatic rings. The lowest BCUT2D eigenvalue weighted by atomic mass is 9.97. The van der Waals surface area contributed by atoms with Crippen LogP contribution in [0.25, 0.3) is 0 Å². The fourth-order valence-corrected chi connectivity index (χ4v) is 2.82. The summed E-state index contributed by atoms with van der Waals surface area (Å²) >= 11 is 1.87. The van der Waals surface area contributed by atoms with Gasteiger partial charge in [0.1, 0.15) is 0 Å². The molecule has 0 aliphatic heterocycles. The van der Waals surface area contributed by atoms with E-state index in [0.29, 0.717) is 6.04 Å². The first-order valence-corrected chi connectivity index (χ1v) is 7.87. The lowest BCUT2D eigenvalue weighted by Gasteiger charge is -2.29. The second-order valence-electron chi connectivity index (χ2n) is 5.08. The third-order valence-corrected chi connectivity index (χ3v) is 4.23. The van der Waals surface area contributed by atoms with Gasteiger partial charge < -0.3 is 10.0 Å². The summed E-state index contributed by atoms with van der Waals surface area (Å²) in [6, 6.07) is 10.5. The van der Waals surface area contributed by atoms with Gasteiger partial charge in [-0.05, 0) is 31.7 Å². The monoisotopic (exact) mass is 267 g/mol.